The Labute approximate surface area is 79.8 Å². The summed E-state index contributed by atoms with van der Waals surface area (Å²) in [6.45, 7) is 4.34. The van der Waals surface area contributed by atoms with Crippen LogP contribution in [0, 0.1) is 5.82 Å². The minimum absolute atomic E-state index is 0.124. The first-order chi connectivity index (χ1) is 6.24. The largest absolute Gasteiger partial charge is 0.207 e. The van der Waals surface area contributed by atoms with E-state index in [0.29, 0.717) is 5.92 Å². The number of hydrogen-bond acceptors (Lipinski definition) is 0. The van der Waals surface area contributed by atoms with Crippen molar-refractivity contribution < 1.29 is 4.39 Å². The summed E-state index contributed by atoms with van der Waals surface area (Å²) >= 11 is 0. The SMILES string of the molecule is CCCC[C@@H](C)c1cccc(F)c1. The minimum atomic E-state index is -0.124. The van der Waals surface area contributed by atoms with E-state index < -0.39 is 0 Å². The number of hydrogen-bond donors (Lipinski definition) is 0. The second-order valence-electron chi connectivity index (χ2n) is 3.60. The fraction of sp³-hybridized carbons (Fsp3) is 0.500. The van der Waals surface area contributed by atoms with Gasteiger partial charge in [0.1, 0.15) is 5.82 Å². The van der Waals surface area contributed by atoms with Crippen LogP contribution in [0.25, 0.3) is 0 Å². The monoisotopic (exact) mass is 180 g/mol. The third kappa shape index (κ3) is 3.17. The maximum atomic E-state index is 12.8. The molecule has 1 heteroatoms. The van der Waals surface area contributed by atoms with E-state index in [4.69, 9.17) is 0 Å². The molecular weight excluding hydrogens is 163 g/mol. The molecule has 0 radical (unpaired) electrons. The van der Waals surface area contributed by atoms with Gasteiger partial charge in [0.25, 0.3) is 0 Å². The molecule has 0 nitrogen and oxygen atoms in total. The number of halogens is 1. The van der Waals surface area contributed by atoms with Gasteiger partial charge in [0, 0.05) is 0 Å². The normalized spacial score (nSPS) is 12.8. The van der Waals surface area contributed by atoms with E-state index >= 15 is 0 Å². The standard InChI is InChI=1S/C12H17F/c1-3-4-6-10(2)11-7-5-8-12(13)9-11/h5,7-10H,3-4,6H2,1-2H3/t10-/m1/s1. The molecule has 1 atom stereocenters. The van der Waals surface area contributed by atoms with Gasteiger partial charge in [-0.3, -0.25) is 0 Å². The highest BCUT2D eigenvalue weighted by atomic mass is 19.1. The Bertz CT molecular complexity index is 255. The first kappa shape index (κ1) is 10.2. The molecule has 0 amide bonds. The van der Waals surface area contributed by atoms with Gasteiger partial charge in [0.15, 0.2) is 0 Å². The molecule has 72 valence electrons. The summed E-state index contributed by atoms with van der Waals surface area (Å²) in [4.78, 5) is 0. The molecule has 0 N–H and O–H groups in total. The molecule has 0 aromatic heterocycles. The predicted molar refractivity (Wildman–Crippen MR) is 54.3 cm³/mol. The van der Waals surface area contributed by atoms with Crippen molar-refractivity contribution in [1.29, 1.82) is 0 Å². The molecule has 0 saturated carbocycles. The fourth-order valence-electron chi connectivity index (χ4n) is 1.49. The van der Waals surface area contributed by atoms with E-state index in [1.165, 1.54) is 18.9 Å². The summed E-state index contributed by atoms with van der Waals surface area (Å²) in [6, 6.07) is 6.92. The van der Waals surface area contributed by atoms with E-state index in [9.17, 15) is 4.39 Å². The molecular formula is C12H17F. The van der Waals surface area contributed by atoms with Crippen LogP contribution < -0.4 is 0 Å². The fourth-order valence-corrected chi connectivity index (χ4v) is 1.49. The summed E-state index contributed by atoms with van der Waals surface area (Å²) in [5, 5.41) is 0. The second kappa shape index (κ2) is 5.00. The molecule has 0 unspecified atom stereocenters. The summed E-state index contributed by atoms with van der Waals surface area (Å²) < 4.78 is 12.8. The Morgan fingerprint density at radius 1 is 1.38 bits per heavy atom. The van der Waals surface area contributed by atoms with Crippen molar-refractivity contribution in [3.63, 3.8) is 0 Å². The van der Waals surface area contributed by atoms with E-state index in [2.05, 4.69) is 13.8 Å². The van der Waals surface area contributed by atoms with Gasteiger partial charge in [0.05, 0.1) is 0 Å². The maximum absolute atomic E-state index is 12.8. The Hall–Kier alpha value is -0.850. The van der Waals surface area contributed by atoms with Crippen molar-refractivity contribution in [2.45, 2.75) is 39.0 Å². The van der Waals surface area contributed by atoms with Gasteiger partial charge in [-0.05, 0) is 30.0 Å². The van der Waals surface area contributed by atoms with Crippen LogP contribution in [-0.2, 0) is 0 Å². The van der Waals surface area contributed by atoms with Gasteiger partial charge in [-0.1, -0.05) is 38.8 Å². The van der Waals surface area contributed by atoms with E-state index in [-0.39, 0.29) is 5.82 Å². The predicted octanol–water partition coefficient (Wildman–Crippen LogP) is 4.12. The van der Waals surface area contributed by atoms with Gasteiger partial charge < -0.3 is 0 Å². The van der Waals surface area contributed by atoms with Gasteiger partial charge in [-0.15, -0.1) is 0 Å². The highest BCUT2D eigenvalue weighted by Crippen LogP contribution is 2.21. The van der Waals surface area contributed by atoms with Crippen LogP contribution in [0.15, 0.2) is 24.3 Å². The summed E-state index contributed by atoms with van der Waals surface area (Å²) in [6.07, 6.45) is 3.58. The average Bonchev–Trinajstić information content (AvgIpc) is 2.14. The van der Waals surface area contributed by atoms with Crippen LogP contribution in [-0.4, -0.2) is 0 Å². The molecule has 0 aliphatic carbocycles. The topological polar surface area (TPSA) is 0 Å². The molecule has 1 rings (SSSR count). The lowest BCUT2D eigenvalue weighted by Crippen LogP contribution is -1.93. The van der Waals surface area contributed by atoms with Crippen LogP contribution in [0.1, 0.15) is 44.6 Å². The zero-order chi connectivity index (χ0) is 9.68. The summed E-state index contributed by atoms with van der Waals surface area (Å²) in [5.74, 6) is 0.358. The van der Waals surface area contributed by atoms with Gasteiger partial charge in [0.2, 0.25) is 0 Å². The molecule has 1 aromatic rings. The molecule has 13 heavy (non-hydrogen) atoms. The van der Waals surface area contributed by atoms with Crippen molar-refractivity contribution in [3.8, 4) is 0 Å². The van der Waals surface area contributed by atoms with Crippen molar-refractivity contribution in [3.05, 3.63) is 35.6 Å². The molecule has 0 aliphatic rings. The number of benzene rings is 1. The molecule has 0 aliphatic heterocycles. The van der Waals surface area contributed by atoms with Gasteiger partial charge >= 0.3 is 0 Å². The van der Waals surface area contributed by atoms with Crippen molar-refractivity contribution in [1.82, 2.24) is 0 Å². The molecule has 0 fully saturated rings. The van der Waals surface area contributed by atoms with Crippen LogP contribution >= 0.6 is 0 Å². The quantitative estimate of drug-likeness (QED) is 0.653. The van der Waals surface area contributed by atoms with Crippen LogP contribution in [0.5, 0.6) is 0 Å². The van der Waals surface area contributed by atoms with Gasteiger partial charge in [-0.25, -0.2) is 4.39 Å². The number of rotatable bonds is 4. The first-order valence-electron chi connectivity index (χ1n) is 4.99. The highest BCUT2D eigenvalue weighted by molar-refractivity contribution is 5.19. The second-order valence-corrected chi connectivity index (χ2v) is 3.60. The van der Waals surface area contributed by atoms with E-state index in [1.807, 2.05) is 6.07 Å². The molecule has 0 saturated heterocycles. The summed E-state index contributed by atoms with van der Waals surface area (Å²) in [7, 11) is 0. The molecule has 0 bridgehead atoms. The third-order valence-electron chi connectivity index (χ3n) is 2.41. The van der Waals surface area contributed by atoms with Crippen LogP contribution in [0.2, 0.25) is 0 Å². The zero-order valence-corrected chi connectivity index (χ0v) is 8.39. The van der Waals surface area contributed by atoms with E-state index in [1.54, 1.807) is 12.1 Å². The average molecular weight is 180 g/mol. The molecule has 0 spiro atoms. The van der Waals surface area contributed by atoms with E-state index in [0.717, 1.165) is 12.0 Å². The minimum Gasteiger partial charge on any atom is -0.207 e. The Morgan fingerprint density at radius 2 is 2.15 bits per heavy atom. The lowest BCUT2D eigenvalue weighted by atomic mass is 9.96. The van der Waals surface area contributed by atoms with Crippen LogP contribution in [0.3, 0.4) is 0 Å². The Balaban J connectivity index is 2.60. The third-order valence-corrected chi connectivity index (χ3v) is 2.41. The highest BCUT2D eigenvalue weighted by Gasteiger charge is 2.04. The van der Waals surface area contributed by atoms with Crippen molar-refractivity contribution in [2.75, 3.05) is 0 Å². The molecule has 0 heterocycles. The number of unbranched alkanes of at least 4 members (excludes halogenated alkanes) is 1. The summed E-state index contributed by atoms with van der Waals surface area (Å²) in [5.41, 5.74) is 1.12. The van der Waals surface area contributed by atoms with Crippen LogP contribution in [0.4, 0.5) is 4.39 Å². The first-order valence-corrected chi connectivity index (χ1v) is 4.99. The maximum Gasteiger partial charge on any atom is 0.123 e. The zero-order valence-electron chi connectivity index (χ0n) is 8.39. The lowest BCUT2D eigenvalue weighted by molar-refractivity contribution is 0.602. The lowest BCUT2D eigenvalue weighted by Gasteiger charge is -2.10. The smallest absolute Gasteiger partial charge is 0.123 e. The Kier molecular flexibility index (Phi) is 3.94. The van der Waals surface area contributed by atoms with Crippen molar-refractivity contribution in [2.24, 2.45) is 0 Å². The van der Waals surface area contributed by atoms with Crippen molar-refractivity contribution >= 4 is 0 Å². The van der Waals surface area contributed by atoms with Gasteiger partial charge in [-0.2, -0.15) is 0 Å². The Morgan fingerprint density at radius 3 is 2.77 bits per heavy atom. The molecule has 1 aromatic carbocycles.